The molecule has 0 unspecified atom stereocenters. The van der Waals surface area contributed by atoms with Gasteiger partial charge in [0.1, 0.15) is 11.3 Å². The number of aromatic nitrogens is 4. The molecule has 1 fully saturated rings. The molecule has 0 atom stereocenters. The van der Waals surface area contributed by atoms with Crippen molar-refractivity contribution in [3.63, 3.8) is 0 Å². The number of nitrogens with two attached hydrogens (primary N) is 2. The summed E-state index contributed by atoms with van der Waals surface area (Å²) >= 11 is 0. The molecule has 0 aliphatic heterocycles. The van der Waals surface area contributed by atoms with E-state index in [0.717, 1.165) is 36.9 Å². The van der Waals surface area contributed by atoms with E-state index in [2.05, 4.69) is 19.9 Å². The Morgan fingerprint density at radius 1 is 1.06 bits per heavy atom. The molecule has 9 heteroatoms. The second-order valence-corrected chi connectivity index (χ2v) is 8.61. The number of benzene rings is 2. The average Bonchev–Trinajstić information content (AvgIpc) is 3.29. The molecule has 9 nitrogen and oxygen atoms in total. The Morgan fingerprint density at radius 2 is 1.85 bits per heavy atom. The van der Waals surface area contributed by atoms with E-state index in [1.54, 1.807) is 13.4 Å². The van der Waals surface area contributed by atoms with Gasteiger partial charge in [0.25, 0.3) is 0 Å². The van der Waals surface area contributed by atoms with Crippen LogP contribution in [0.5, 0.6) is 5.75 Å². The van der Waals surface area contributed by atoms with Crippen molar-refractivity contribution in [2.45, 2.75) is 31.7 Å². The van der Waals surface area contributed by atoms with Gasteiger partial charge in [-0.3, -0.25) is 4.79 Å². The minimum Gasteiger partial charge on any atom is -0.497 e. The molecule has 0 bridgehead atoms. The zero-order valence-electron chi connectivity index (χ0n) is 18.9. The molecule has 4 aromatic rings. The van der Waals surface area contributed by atoms with Crippen molar-refractivity contribution < 1.29 is 9.53 Å². The van der Waals surface area contributed by atoms with Gasteiger partial charge >= 0.3 is 0 Å². The standard InChI is InChI=1S/C25H27N7O2/c1-34-20-7-3-6-18(13-20)29-25(33)15-8-10-19(11-9-15)32-14-28-21-22(27)30-23(31-24(21)32)16-4-2-5-17(26)12-16/h2-7,12-15,19H,8-11,26H2,1H3,(H,29,33)(H2,27,30,31). The third-order valence-electron chi connectivity index (χ3n) is 6.39. The van der Waals surface area contributed by atoms with Crippen molar-refractivity contribution in [1.82, 2.24) is 19.5 Å². The molecule has 2 aromatic carbocycles. The number of carbonyl (C=O) groups is 1. The van der Waals surface area contributed by atoms with Gasteiger partial charge in [0.05, 0.1) is 13.4 Å². The Labute approximate surface area is 197 Å². The van der Waals surface area contributed by atoms with Crippen molar-refractivity contribution in [1.29, 1.82) is 0 Å². The molecule has 1 aliphatic carbocycles. The van der Waals surface area contributed by atoms with E-state index in [9.17, 15) is 4.79 Å². The smallest absolute Gasteiger partial charge is 0.227 e. The number of ether oxygens (including phenoxy) is 1. The van der Waals surface area contributed by atoms with Crippen LogP contribution in [0.4, 0.5) is 17.2 Å². The fourth-order valence-corrected chi connectivity index (χ4v) is 4.57. The maximum absolute atomic E-state index is 12.8. The van der Waals surface area contributed by atoms with E-state index in [1.807, 2.05) is 48.5 Å². The van der Waals surface area contributed by atoms with Crippen LogP contribution in [0.15, 0.2) is 54.9 Å². The summed E-state index contributed by atoms with van der Waals surface area (Å²) in [5, 5.41) is 3.02. The highest BCUT2D eigenvalue weighted by Crippen LogP contribution is 2.35. The van der Waals surface area contributed by atoms with Gasteiger partial charge in [-0.25, -0.2) is 15.0 Å². The van der Waals surface area contributed by atoms with Gasteiger partial charge in [-0.15, -0.1) is 0 Å². The molecule has 34 heavy (non-hydrogen) atoms. The summed E-state index contributed by atoms with van der Waals surface area (Å²) in [4.78, 5) is 26.5. The molecule has 1 aliphatic rings. The molecule has 2 heterocycles. The summed E-state index contributed by atoms with van der Waals surface area (Å²) in [7, 11) is 1.61. The van der Waals surface area contributed by atoms with Gasteiger partial charge in [0, 0.05) is 35.0 Å². The predicted molar refractivity (Wildman–Crippen MR) is 132 cm³/mol. The Morgan fingerprint density at radius 3 is 2.62 bits per heavy atom. The van der Waals surface area contributed by atoms with E-state index in [-0.39, 0.29) is 17.9 Å². The summed E-state index contributed by atoms with van der Waals surface area (Å²) in [6.45, 7) is 0. The van der Waals surface area contributed by atoms with Crippen LogP contribution in [0, 0.1) is 5.92 Å². The third kappa shape index (κ3) is 4.24. The van der Waals surface area contributed by atoms with E-state index in [4.69, 9.17) is 21.2 Å². The number of anilines is 3. The topological polar surface area (TPSA) is 134 Å². The summed E-state index contributed by atoms with van der Waals surface area (Å²) in [5.74, 6) is 1.57. The highest BCUT2D eigenvalue weighted by Gasteiger charge is 2.28. The van der Waals surface area contributed by atoms with Crippen LogP contribution < -0.4 is 21.5 Å². The van der Waals surface area contributed by atoms with Crippen molar-refractivity contribution in [3.05, 3.63) is 54.9 Å². The largest absolute Gasteiger partial charge is 0.497 e. The molecule has 1 saturated carbocycles. The summed E-state index contributed by atoms with van der Waals surface area (Å²) in [6, 6.07) is 15.0. The van der Waals surface area contributed by atoms with Crippen LogP contribution in [-0.4, -0.2) is 32.5 Å². The first-order valence-corrected chi connectivity index (χ1v) is 11.3. The molecule has 0 saturated heterocycles. The lowest BCUT2D eigenvalue weighted by Crippen LogP contribution is -2.28. The highest BCUT2D eigenvalue weighted by molar-refractivity contribution is 5.92. The molecule has 0 radical (unpaired) electrons. The molecule has 5 rings (SSSR count). The summed E-state index contributed by atoms with van der Waals surface area (Å²) in [6.07, 6.45) is 5.03. The highest BCUT2D eigenvalue weighted by atomic mass is 16.5. The Kier molecular flexibility index (Phi) is 5.75. The number of fused-ring (bicyclic) bond motifs is 1. The van der Waals surface area contributed by atoms with Crippen molar-refractivity contribution >= 4 is 34.3 Å². The lowest BCUT2D eigenvalue weighted by molar-refractivity contribution is -0.120. The maximum atomic E-state index is 12.8. The van der Waals surface area contributed by atoms with E-state index in [1.165, 1.54) is 0 Å². The first-order valence-electron chi connectivity index (χ1n) is 11.3. The molecule has 2 aromatic heterocycles. The number of imidazole rings is 1. The Hall–Kier alpha value is -4.14. The van der Waals surface area contributed by atoms with Gasteiger partial charge in [-0.1, -0.05) is 18.2 Å². The van der Waals surface area contributed by atoms with Gasteiger partial charge in [-0.2, -0.15) is 0 Å². The quantitative estimate of drug-likeness (QED) is 0.385. The number of nitrogens with one attached hydrogen (secondary N) is 1. The van der Waals surface area contributed by atoms with Gasteiger partial charge in [0.15, 0.2) is 17.3 Å². The third-order valence-corrected chi connectivity index (χ3v) is 6.39. The van der Waals surface area contributed by atoms with Crippen LogP contribution in [0.3, 0.4) is 0 Å². The first-order chi connectivity index (χ1) is 16.5. The van der Waals surface area contributed by atoms with Crippen molar-refractivity contribution in [2.24, 2.45) is 5.92 Å². The lowest BCUT2D eigenvalue weighted by Gasteiger charge is -2.28. The van der Waals surface area contributed by atoms with Crippen LogP contribution >= 0.6 is 0 Å². The van der Waals surface area contributed by atoms with E-state index < -0.39 is 0 Å². The zero-order valence-corrected chi connectivity index (χ0v) is 18.9. The maximum Gasteiger partial charge on any atom is 0.227 e. The lowest BCUT2D eigenvalue weighted by atomic mass is 9.85. The normalized spacial score (nSPS) is 18.0. The van der Waals surface area contributed by atoms with Crippen molar-refractivity contribution in [3.8, 4) is 17.1 Å². The second-order valence-electron chi connectivity index (χ2n) is 8.61. The molecule has 0 spiro atoms. The van der Waals surface area contributed by atoms with E-state index >= 15 is 0 Å². The minimum absolute atomic E-state index is 0.0396. The molecule has 5 N–H and O–H groups in total. The number of carbonyl (C=O) groups excluding carboxylic acids is 1. The van der Waals surface area contributed by atoms with E-state index in [0.29, 0.717) is 34.2 Å². The minimum atomic E-state index is -0.0419. The Balaban J connectivity index is 1.32. The number of amides is 1. The van der Waals surface area contributed by atoms with Gasteiger partial charge < -0.3 is 26.1 Å². The van der Waals surface area contributed by atoms with Gasteiger partial charge in [0.2, 0.25) is 5.91 Å². The summed E-state index contributed by atoms with van der Waals surface area (Å²) < 4.78 is 7.31. The number of hydrogen-bond acceptors (Lipinski definition) is 7. The van der Waals surface area contributed by atoms with Crippen LogP contribution in [0.2, 0.25) is 0 Å². The summed E-state index contributed by atoms with van der Waals surface area (Å²) in [5.41, 5.74) is 15.6. The van der Waals surface area contributed by atoms with Crippen molar-refractivity contribution in [2.75, 3.05) is 23.9 Å². The number of hydrogen-bond donors (Lipinski definition) is 3. The predicted octanol–water partition coefficient (Wildman–Crippen LogP) is 4.04. The number of rotatable bonds is 5. The number of nitrogens with zero attached hydrogens (tertiary/aromatic N) is 4. The fourth-order valence-electron chi connectivity index (χ4n) is 4.57. The molecular formula is C25H27N7O2. The Bertz CT molecular complexity index is 1340. The zero-order chi connectivity index (χ0) is 23.7. The van der Waals surface area contributed by atoms with Gasteiger partial charge in [-0.05, 0) is 49.9 Å². The number of nitrogen functional groups attached to an aromatic ring is 2. The SMILES string of the molecule is COc1cccc(NC(=O)C2CCC(n3cnc4c(N)nc(-c5cccc(N)c5)nc43)CC2)c1. The first kappa shape index (κ1) is 21.7. The van der Waals surface area contributed by atoms with Crippen LogP contribution in [0.1, 0.15) is 31.7 Å². The van der Waals surface area contributed by atoms with Crippen LogP contribution in [-0.2, 0) is 4.79 Å². The monoisotopic (exact) mass is 457 g/mol. The fraction of sp³-hybridized carbons (Fsp3) is 0.280. The second kappa shape index (κ2) is 9.01. The number of methoxy groups -OCH3 is 1. The molecule has 174 valence electrons. The average molecular weight is 458 g/mol. The van der Waals surface area contributed by atoms with Crippen LogP contribution in [0.25, 0.3) is 22.6 Å². The molecule has 1 amide bonds. The molecular weight excluding hydrogens is 430 g/mol.